The number of hydrogen-bond acceptors (Lipinski definition) is 7. The second-order valence-electron chi connectivity index (χ2n) is 17.5. The summed E-state index contributed by atoms with van der Waals surface area (Å²) < 4.78 is 27.6. The number of ether oxygens (including phenoxy) is 4. The van der Waals surface area contributed by atoms with Crippen molar-refractivity contribution in [2.45, 2.75) is 220 Å². The molecule has 3 aromatic rings. The van der Waals surface area contributed by atoms with Crippen LogP contribution in [0.15, 0.2) is 36.4 Å². The van der Waals surface area contributed by atoms with Crippen LogP contribution in [0.25, 0.3) is 11.3 Å². The van der Waals surface area contributed by atoms with E-state index < -0.39 is 0 Å². The highest BCUT2D eigenvalue weighted by atomic mass is 127. The van der Waals surface area contributed by atoms with E-state index in [1.54, 1.807) is 12.1 Å². The van der Waals surface area contributed by atoms with Gasteiger partial charge in [0.25, 0.3) is 0 Å². The summed E-state index contributed by atoms with van der Waals surface area (Å²) in [7, 11) is 1.39. The van der Waals surface area contributed by atoms with E-state index in [0.717, 1.165) is 57.0 Å². The van der Waals surface area contributed by atoms with Crippen molar-refractivity contribution in [1.29, 1.82) is 0 Å². The van der Waals surface area contributed by atoms with Gasteiger partial charge in [-0.25, -0.2) is 9.48 Å². The summed E-state index contributed by atoms with van der Waals surface area (Å²) in [5.41, 5.74) is 3.20. The molecule has 1 heterocycles. The Morgan fingerprint density at radius 2 is 0.903 bits per heavy atom. The molecule has 0 aliphatic rings. The molecule has 1 aromatic heterocycles. The zero-order valence-electron chi connectivity index (χ0n) is 39.8. The molecule has 0 amide bonds. The number of carbonyl (C=O) groups is 1. The van der Waals surface area contributed by atoms with E-state index in [9.17, 15) is 4.79 Å². The molecule has 2 aromatic carbocycles. The summed E-state index contributed by atoms with van der Waals surface area (Å²) in [6.07, 6.45) is 38.6. The Balaban J connectivity index is 1.72. The Morgan fingerprint density at radius 3 is 1.29 bits per heavy atom. The van der Waals surface area contributed by atoms with Crippen LogP contribution < -0.4 is 14.2 Å². The third-order valence-corrected chi connectivity index (χ3v) is 13.0. The number of nitrogens with zero attached hydrogens (tertiary/aromatic N) is 3. The quantitative estimate of drug-likeness (QED) is 0.0319. The van der Waals surface area contributed by atoms with Crippen molar-refractivity contribution < 1.29 is 23.7 Å². The third kappa shape index (κ3) is 22.7. The molecule has 0 aliphatic carbocycles. The second kappa shape index (κ2) is 35.5. The standard InChI is InChI=1S/C53H86IN3O5/c1-5-8-11-14-17-20-23-26-29-32-39-60-48-42-45(44-57-52(54)50(55-56-57)46-35-37-47(38-36-46)53(58)59-4)43-49(61-40-33-30-27-24-21-18-15-12-9-6-2)51(48)62-41-34-31-28-25-22-19-16-13-10-7-3/h35-38,42-43H,5-34,39-41,44H2,1-4H3. The number of halogens is 1. The second-order valence-corrected chi connectivity index (χ2v) is 18.5. The van der Waals surface area contributed by atoms with Gasteiger partial charge in [0.05, 0.1) is 39.0 Å². The molecule has 350 valence electrons. The van der Waals surface area contributed by atoms with Crippen molar-refractivity contribution in [1.82, 2.24) is 15.0 Å². The molecule has 62 heavy (non-hydrogen) atoms. The molecule has 0 N–H and O–H groups in total. The lowest BCUT2D eigenvalue weighted by Crippen LogP contribution is -2.09. The van der Waals surface area contributed by atoms with Crippen LogP contribution in [0.4, 0.5) is 0 Å². The molecule has 0 radical (unpaired) electrons. The monoisotopic (exact) mass is 972 g/mol. The van der Waals surface area contributed by atoms with Gasteiger partial charge < -0.3 is 18.9 Å². The number of benzene rings is 2. The van der Waals surface area contributed by atoms with Crippen molar-refractivity contribution >= 4 is 28.6 Å². The smallest absolute Gasteiger partial charge is 0.337 e. The van der Waals surface area contributed by atoms with Gasteiger partial charge in [-0.15, -0.1) is 5.10 Å². The van der Waals surface area contributed by atoms with Gasteiger partial charge in [0.2, 0.25) is 5.75 Å². The highest BCUT2D eigenvalue weighted by Crippen LogP contribution is 2.40. The first-order valence-electron chi connectivity index (χ1n) is 25.3. The van der Waals surface area contributed by atoms with Crippen LogP contribution in [0.2, 0.25) is 0 Å². The minimum absolute atomic E-state index is 0.358. The first kappa shape index (κ1) is 53.5. The number of esters is 1. The normalized spacial score (nSPS) is 11.3. The predicted molar refractivity (Wildman–Crippen MR) is 267 cm³/mol. The van der Waals surface area contributed by atoms with E-state index in [1.807, 2.05) is 16.8 Å². The predicted octanol–water partition coefficient (Wildman–Crippen LogP) is 16.3. The topological polar surface area (TPSA) is 84.7 Å². The van der Waals surface area contributed by atoms with Gasteiger partial charge in [-0.05, 0) is 71.7 Å². The van der Waals surface area contributed by atoms with Gasteiger partial charge >= 0.3 is 5.97 Å². The molecule has 0 spiro atoms. The number of hydrogen-bond donors (Lipinski definition) is 0. The lowest BCUT2D eigenvalue weighted by Gasteiger charge is -2.19. The molecule has 3 rings (SSSR count). The molecule has 9 heteroatoms. The van der Waals surface area contributed by atoms with Crippen molar-refractivity contribution in [2.75, 3.05) is 26.9 Å². The molecule has 0 fully saturated rings. The van der Waals surface area contributed by atoms with Gasteiger partial charge in [-0.1, -0.05) is 211 Å². The zero-order chi connectivity index (χ0) is 44.3. The molecule has 0 saturated heterocycles. The lowest BCUT2D eigenvalue weighted by atomic mass is 10.1. The van der Waals surface area contributed by atoms with E-state index in [1.165, 1.54) is 180 Å². The largest absolute Gasteiger partial charge is 0.490 e. The molecular formula is C53H86IN3O5. The average Bonchev–Trinajstić information content (AvgIpc) is 3.65. The fourth-order valence-corrected chi connectivity index (χ4v) is 8.71. The number of unbranched alkanes of at least 4 members (excludes halogenated alkanes) is 27. The number of carbonyl (C=O) groups excluding carboxylic acids is 1. The van der Waals surface area contributed by atoms with E-state index >= 15 is 0 Å². The van der Waals surface area contributed by atoms with Crippen LogP contribution in [0.1, 0.15) is 229 Å². The summed E-state index contributed by atoms with van der Waals surface area (Å²) in [6.45, 7) is 9.31. The molecule has 0 bridgehead atoms. The van der Waals surface area contributed by atoms with Crippen LogP contribution in [-0.2, 0) is 11.3 Å². The Hall–Kier alpha value is -2.82. The number of methoxy groups -OCH3 is 1. The highest BCUT2D eigenvalue weighted by Gasteiger charge is 2.19. The van der Waals surface area contributed by atoms with Crippen molar-refractivity contribution in [3.63, 3.8) is 0 Å². The minimum Gasteiger partial charge on any atom is -0.490 e. The highest BCUT2D eigenvalue weighted by molar-refractivity contribution is 14.1. The summed E-state index contributed by atoms with van der Waals surface area (Å²) in [5, 5.41) is 9.12. The molecule has 0 saturated carbocycles. The summed E-state index contributed by atoms with van der Waals surface area (Å²) in [5.74, 6) is 1.90. The summed E-state index contributed by atoms with van der Waals surface area (Å²) >= 11 is 2.32. The van der Waals surface area contributed by atoms with Gasteiger partial charge in [-0.3, -0.25) is 0 Å². The van der Waals surface area contributed by atoms with Crippen molar-refractivity contribution in [3.8, 4) is 28.5 Å². The van der Waals surface area contributed by atoms with Crippen molar-refractivity contribution in [3.05, 3.63) is 51.2 Å². The Morgan fingerprint density at radius 1 is 0.532 bits per heavy atom. The Labute approximate surface area is 391 Å². The van der Waals surface area contributed by atoms with Crippen LogP contribution in [-0.4, -0.2) is 47.9 Å². The first-order valence-corrected chi connectivity index (χ1v) is 26.4. The SMILES string of the molecule is CCCCCCCCCCCCOc1cc(Cn2nnc(-c3ccc(C(=O)OC)cc3)c2I)cc(OCCCCCCCCCCCC)c1OCCCCCCCCCCCC. The average molecular weight is 972 g/mol. The van der Waals surface area contributed by atoms with E-state index in [-0.39, 0.29) is 5.97 Å². The minimum atomic E-state index is -0.358. The molecular weight excluding hydrogens is 886 g/mol. The summed E-state index contributed by atoms with van der Waals surface area (Å²) in [4.78, 5) is 12.0. The maximum atomic E-state index is 12.0. The Bertz CT molecular complexity index is 1510. The maximum absolute atomic E-state index is 12.0. The maximum Gasteiger partial charge on any atom is 0.337 e. The third-order valence-electron chi connectivity index (χ3n) is 11.9. The number of aromatic nitrogens is 3. The summed E-state index contributed by atoms with van der Waals surface area (Å²) in [6, 6.07) is 11.6. The van der Waals surface area contributed by atoms with Crippen LogP contribution >= 0.6 is 22.6 Å². The van der Waals surface area contributed by atoms with E-state index in [4.69, 9.17) is 18.9 Å². The fraction of sp³-hybridized carbons (Fsp3) is 0.717. The van der Waals surface area contributed by atoms with Gasteiger partial charge in [0, 0.05) is 5.56 Å². The molecule has 0 unspecified atom stereocenters. The van der Waals surface area contributed by atoms with E-state index in [0.29, 0.717) is 31.9 Å². The lowest BCUT2D eigenvalue weighted by molar-refractivity contribution is 0.0600. The van der Waals surface area contributed by atoms with Gasteiger partial charge in [0.15, 0.2) is 11.5 Å². The zero-order valence-corrected chi connectivity index (χ0v) is 41.9. The van der Waals surface area contributed by atoms with Crippen LogP contribution in [0.3, 0.4) is 0 Å². The van der Waals surface area contributed by atoms with Crippen molar-refractivity contribution in [2.24, 2.45) is 0 Å². The van der Waals surface area contributed by atoms with E-state index in [2.05, 4.69) is 65.8 Å². The first-order chi connectivity index (χ1) is 30.5. The van der Waals surface area contributed by atoms with Gasteiger partial charge in [-0.2, -0.15) is 0 Å². The molecule has 8 nitrogen and oxygen atoms in total. The number of rotatable bonds is 40. The van der Waals surface area contributed by atoms with Crippen LogP contribution in [0.5, 0.6) is 17.2 Å². The molecule has 0 aliphatic heterocycles. The van der Waals surface area contributed by atoms with Gasteiger partial charge in [0.1, 0.15) is 9.39 Å². The van der Waals surface area contributed by atoms with Crippen LogP contribution in [0, 0.1) is 3.70 Å². The molecule has 0 atom stereocenters. The Kier molecular flexibility index (Phi) is 30.7. The fourth-order valence-electron chi connectivity index (χ4n) is 8.02.